The normalized spacial score (nSPS) is 10.7. The Kier molecular flexibility index (Phi) is 8.27. The minimum absolute atomic E-state index is 0. The van der Waals surface area contributed by atoms with Crippen LogP contribution in [0.15, 0.2) is 97.2 Å². The number of hydrogen-bond acceptors (Lipinski definition) is 3. The summed E-state index contributed by atoms with van der Waals surface area (Å²) in [7, 11) is 0. The summed E-state index contributed by atoms with van der Waals surface area (Å²) in [6, 6.07) is 28.7. The zero-order valence-corrected chi connectivity index (χ0v) is 21.9. The van der Waals surface area contributed by atoms with Crippen molar-refractivity contribution in [2.24, 2.45) is 0 Å². The van der Waals surface area contributed by atoms with E-state index in [0.717, 1.165) is 28.2 Å². The predicted octanol–water partition coefficient (Wildman–Crippen LogP) is 3.78. The molecule has 4 aromatic carbocycles. The van der Waals surface area contributed by atoms with Crippen molar-refractivity contribution < 1.29 is 28.8 Å². The van der Waals surface area contributed by atoms with Gasteiger partial charge in [0.1, 0.15) is 5.82 Å². The van der Waals surface area contributed by atoms with Gasteiger partial charge < -0.3 is 14.5 Å². The third kappa shape index (κ3) is 6.01. The van der Waals surface area contributed by atoms with E-state index in [1.54, 1.807) is 24.3 Å². The first-order chi connectivity index (χ1) is 17.4. The maximum atomic E-state index is 11.2. The monoisotopic (exact) mass is 518 g/mol. The first-order valence-corrected chi connectivity index (χ1v) is 12.1. The second-order valence-corrected chi connectivity index (χ2v) is 9.45. The number of carboxylic acids is 1. The van der Waals surface area contributed by atoms with Crippen LogP contribution in [-0.2, 0) is 6.42 Å². The summed E-state index contributed by atoms with van der Waals surface area (Å²) in [5.41, 5.74) is 7.01. The van der Waals surface area contributed by atoms with Crippen LogP contribution in [0.3, 0.4) is 0 Å². The fourth-order valence-electron chi connectivity index (χ4n) is 4.10. The number of aromatic carboxylic acids is 1. The summed E-state index contributed by atoms with van der Waals surface area (Å²) in [4.78, 5) is 16.1. The van der Waals surface area contributed by atoms with Crippen molar-refractivity contribution in [2.45, 2.75) is 13.3 Å². The van der Waals surface area contributed by atoms with E-state index >= 15 is 0 Å². The number of nitrogens with zero attached hydrogens (tertiary/aromatic N) is 2. The second-order valence-electron chi connectivity index (χ2n) is 8.61. The van der Waals surface area contributed by atoms with Gasteiger partial charge >= 0.3 is 18.9 Å². The summed E-state index contributed by atoms with van der Waals surface area (Å²) in [5.74, 6) is -0.421. The van der Waals surface area contributed by atoms with Crippen LogP contribution in [0.1, 0.15) is 27.3 Å². The third-order valence-corrected chi connectivity index (χ3v) is 6.62. The van der Waals surface area contributed by atoms with E-state index in [-0.39, 0.29) is 24.4 Å². The minimum Gasteiger partial charge on any atom is -0.545 e. The summed E-state index contributed by atoms with van der Waals surface area (Å²) >= 11 is 12.6. The molecule has 0 aliphatic rings. The molecule has 0 fully saturated rings. The molecule has 0 aliphatic carbocycles. The van der Waals surface area contributed by atoms with Crippen LogP contribution >= 0.6 is 23.2 Å². The quantitative estimate of drug-likeness (QED) is 0.321. The van der Waals surface area contributed by atoms with Gasteiger partial charge in [-0.15, -0.1) is 0 Å². The predicted molar refractivity (Wildman–Crippen MR) is 143 cm³/mol. The summed E-state index contributed by atoms with van der Waals surface area (Å²) in [5, 5.41) is 12.3. The number of rotatable bonds is 6. The standard InChI is InChI=1S/C30H22Cl2N2O2.Li/c1-19-2-6-21(7-3-19)22-8-4-20(5-9-22)16-29-33-28(26-15-12-24(31)17-27(26)32)18-34(29)25-13-10-23(11-14-25)30(35)36;/h2-15,17-18H,16H2,1H3,(H,35,36);/q;+1/p-1. The smallest absolute Gasteiger partial charge is 0.545 e. The van der Waals surface area contributed by atoms with Crippen LogP contribution in [0, 0.1) is 6.92 Å². The number of carbonyl (C=O) groups excluding carboxylic acids is 1. The van der Waals surface area contributed by atoms with E-state index in [1.807, 2.05) is 16.8 Å². The first kappa shape index (κ1) is 26.8. The van der Waals surface area contributed by atoms with E-state index in [1.165, 1.54) is 23.3 Å². The molecule has 0 spiro atoms. The summed E-state index contributed by atoms with van der Waals surface area (Å²) in [6.45, 7) is 2.08. The van der Waals surface area contributed by atoms with E-state index in [4.69, 9.17) is 28.2 Å². The number of carbonyl (C=O) groups is 1. The summed E-state index contributed by atoms with van der Waals surface area (Å²) < 4.78 is 1.95. The van der Waals surface area contributed by atoms with Crippen molar-refractivity contribution in [3.05, 3.63) is 130 Å². The van der Waals surface area contributed by atoms with Gasteiger partial charge in [-0.25, -0.2) is 4.98 Å². The Morgan fingerprint density at radius 1 is 0.865 bits per heavy atom. The molecule has 0 radical (unpaired) electrons. The molecule has 0 aliphatic heterocycles. The van der Waals surface area contributed by atoms with Gasteiger partial charge in [0.2, 0.25) is 0 Å². The molecule has 0 amide bonds. The van der Waals surface area contributed by atoms with Gasteiger partial charge in [-0.3, -0.25) is 0 Å². The Balaban J connectivity index is 0.00000320. The molecule has 7 heteroatoms. The average molecular weight is 519 g/mol. The molecular weight excluding hydrogens is 498 g/mol. The molecule has 5 rings (SSSR count). The minimum atomic E-state index is -1.21. The van der Waals surface area contributed by atoms with Crippen LogP contribution in [0.5, 0.6) is 0 Å². The van der Waals surface area contributed by atoms with Gasteiger partial charge in [0.25, 0.3) is 0 Å². The molecule has 0 saturated heterocycles. The van der Waals surface area contributed by atoms with Gasteiger partial charge in [-0.1, -0.05) is 89.4 Å². The van der Waals surface area contributed by atoms with E-state index in [0.29, 0.717) is 22.2 Å². The van der Waals surface area contributed by atoms with Crippen LogP contribution in [0.25, 0.3) is 28.1 Å². The molecule has 1 aromatic heterocycles. The second kappa shape index (κ2) is 11.4. The molecular formula is C30H21Cl2LiN2O2. The van der Waals surface area contributed by atoms with Crippen molar-refractivity contribution in [2.75, 3.05) is 0 Å². The Labute approximate surface area is 237 Å². The number of carboxylic acid groups (broad SMARTS) is 1. The number of halogens is 2. The number of benzene rings is 4. The van der Waals surface area contributed by atoms with Gasteiger partial charge in [-0.2, -0.15) is 0 Å². The number of aromatic nitrogens is 2. The Hall–Kier alpha value is -3.26. The Morgan fingerprint density at radius 2 is 1.49 bits per heavy atom. The molecule has 37 heavy (non-hydrogen) atoms. The molecule has 5 aromatic rings. The molecule has 178 valence electrons. The molecule has 0 atom stereocenters. The third-order valence-electron chi connectivity index (χ3n) is 6.07. The first-order valence-electron chi connectivity index (χ1n) is 11.4. The molecule has 0 N–H and O–H groups in total. The molecule has 0 bridgehead atoms. The zero-order valence-electron chi connectivity index (χ0n) is 20.4. The Bertz CT molecular complexity index is 1540. The average Bonchev–Trinajstić information content (AvgIpc) is 3.28. The van der Waals surface area contributed by atoms with Gasteiger partial charge in [0, 0.05) is 28.9 Å². The molecule has 4 nitrogen and oxygen atoms in total. The SMILES string of the molecule is Cc1ccc(-c2ccc(Cc3nc(-c4ccc(Cl)cc4Cl)cn3-c3ccc(C(=O)[O-])cc3)cc2)cc1.[Li+]. The molecule has 0 unspecified atom stereocenters. The topological polar surface area (TPSA) is 58.0 Å². The molecule has 0 saturated carbocycles. The van der Waals surface area contributed by atoms with E-state index in [2.05, 4.69) is 55.5 Å². The van der Waals surface area contributed by atoms with Crippen LogP contribution in [0.4, 0.5) is 0 Å². The van der Waals surface area contributed by atoms with Crippen molar-refractivity contribution in [3.63, 3.8) is 0 Å². The number of hydrogen-bond donors (Lipinski definition) is 0. The number of aryl methyl sites for hydroxylation is 1. The Morgan fingerprint density at radius 3 is 2.08 bits per heavy atom. The summed E-state index contributed by atoms with van der Waals surface area (Å²) in [6.07, 6.45) is 2.47. The number of imidazole rings is 1. The van der Waals surface area contributed by atoms with Gasteiger partial charge in [0.15, 0.2) is 0 Å². The van der Waals surface area contributed by atoms with E-state index < -0.39 is 5.97 Å². The fraction of sp³-hybridized carbons (Fsp3) is 0.0667. The maximum Gasteiger partial charge on any atom is 1.00 e. The zero-order chi connectivity index (χ0) is 25.2. The van der Waals surface area contributed by atoms with Crippen LogP contribution in [0.2, 0.25) is 10.0 Å². The van der Waals surface area contributed by atoms with Crippen molar-refractivity contribution in [3.8, 4) is 28.1 Å². The van der Waals surface area contributed by atoms with Crippen molar-refractivity contribution in [1.82, 2.24) is 9.55 Å². The maximum absolute atomic E-state index is 11.2. The van der Waals surface area contributed by atoms with Crippen LogP contribution < -0.4 is 24.0 Å². The van der Waals surface area contributed by atoms with Crippen molar-refractivity contribution in [1.29, 1.82) is 0 Å². The fourth-order valence-corrected chi connectivity index (χ4v) is 4.60. The van der Waals surface area contributed by atoms with Gasteiger partial charge in [-0.05, 0) is 59.5 Å². The van der Waals surface area contributed by atoms with Gasteiger partial charge in [0.05, 0.1) is 16.7 Å². The van der Waals surface area contributed by atoms with Crippen molar-refractivity contribution >= 4 is 29.2 Å². The van der Waals surface area contributed by atoms with E-state index in [9.17, 15) is 9.90 Å². The van der Waals surface area contributed by atoms with Crippen LogP contribution in [-0.4, -0.2) is 15.5 Å². The molecule has 1 heterocycles. The largest absolute Gasteiger partial charge is 1.00 e.